The van der Waals surface area contributed by atoms with Crippen LogP contribution in [0.2, 0.25) is 5.02 Å². The number of carbonyl (C=O) groups is 3. The third-order valence-corrected chi connectivity index (χ3v) is 5.79. The summed E-state index contributed by atoms with van der Waals surface area (Å²) in [6.07, 6.45) is 1.45. The number of hydrogen-bond acceptors (Lipinski definition) is 6. The number of rotatable bonds is 5. The molecule has 2 N–H and O–H groups in total. The summed E-state index contributed by atoms with van der Waals surface area (Å²) >= 11 is 8.82. The molecule has 2 aromatic rings. The number of nitrogens with one attached hydrogen (secondary N) is 1. The molecule has 7 nitrogen and oxygen atoms in total. The SMILES string of the molecule is COc1cc(/C=C2\SC(=O)N(CC(=O)Nc3ccc(I)cc3)C2=O)cc(Cl)c1O. The predicted octanol–water partition coefficient (Wildman–Crippen LogP) is 4.33. The van der Waals surface area contributed by atoms with Crippen LogP contribution < -0.4 is 10.1 Å². The van der Waals surface area contributed by atoms with E-state index < -0.39 is 23.6 Å². The van der Waals surface area contributed by atoms with Gasteiger partial charge in [0, 0.05) is 9.26 Å². The fourth-order valence-corrected chi connectivity index (χ4v) is 3.91. The maximum Gasteiger partial charge on any atom is 0.294 e. The lowest BCUT2D eigenvalue weighted by molar-refractivity contribution is -0.127. The number of carbonyl (C=O) groups excluding carboxylic acids is 3. The molecule has 0 aliphatic carbocycles. The molecule has 2 aromatic carbocycles. The van der Waals surface area contributed by atoms with Gasteiger partial charge in [0.1, 0.15) is 6.54 Å². The van der Waals surface area contributed by atoms with Crippen LogP contribution in [0.1, 0.15) is 5.56 Å². The zero-order valence-electron chi connectivity index (χ0n) is 14.9. The fourth-order valence-electron chi connectivity index (χ4n) is 2.50. The number of methoxy groups -OCH3 is 1. The van der Waals surface area contributed by atoms with Crippen molar-refractivity contribution in [1.82, 2.24) is 4.90 Å². The molecular weight excluding hydrogens is 531 g/mol. The number of hydrogen-bond donors (Lipinski definition) is 2. The van der Waals surface area contributed by atoms with Crippen molar-refractivity contribution in [2.75, 3.05) is 19.0 Å². The van der Waals surface area contributed by atoms with Gasteiger partial charge >= 0.3 is 0 Å². The van der Waals surface area contributed by atoms with Gasteiger partial charge in [-0.25, -0.2) is 0 Å². The molecule has 3 amide bonds. The lowest BCUT2D eigenvalue weighted by Crippen LogP contribution is -2.36. The Morgan fingerprint density at radius 1 is 1.31 bits per heavy atom. The molecule has 1 fully saturated rings. The third-order valence-electron chi connectivity index (χ3n) is 3.87. The molecule has 1 aliphatic heterocycles. The number of aromatic hydroxyl groups is 1. The van der Waals surface area contributed by atoms with Gasteiger partial charge < -0.3 is 15.2 Å². The van der Waals surface area contributed by atoms with Crippen LogP contribution in [0, 0.1) is 3.57 Å². The highest BCUT2D eigenvalue weighted by Crippen LogP contribution is 2.37. The average Bonchev–Trinajstić information content (AvgIpc) is 2.93. The van der Waals surface area contributed by atoms with Crippen molar-refractivity contribution in [3.8, 4) is 11.5 Å². The minimum absolute atomic E-state index is 0.0479. The molecule has 1 heterocycles. The number of ether oxygens (including phenoxy) is 1. The quantitative estimate of drug-likeness (QED) is 0.430. The van der Waals surface area contributed by atoms with E-state index in [2.05, 4.69) is 27.9 Å². The van der Waals surface area contributed by atoms with Crippen molar-refractivity contribution in [2.24, 2.45) is 0 Å². The molecule has 0 atom stereocenters. The Kier molecular flexibility index (Phi) is 6.70. The van der Waals surface area contributed by atoms with Crippen LogP contribution in [0.5, 0.6) is 11.5 Å². The molecule has 3 rings (SSSR count). The van der Waals surface area contributed by atoms with Gasteiger partial charge in [0.15, 0.2) is 11.5 Å². The first-order valence-electron chi connectivity index (χ1n) is 8.15. The van der Waals surface area contributed by atoms with Gasteiger partial charge in [-0.1, -0.05) is 11.6 Å². The van der Waals surface area contributed by atoms with Gasteiger partial charge in [0.05, 0.1) is 17.0 Å². The Bertz CT molecular complexity index is 1030. The average molecular weight is 545 g/mol. The lowest BCUT2D eigenvalue weighted by Gasteiger charge is -2.12. The molecule has 0 radical (unpaired) electrons. The van der Waals surface area contributed by atoms with Gasteiger partial charge in [-0.3, -0.25) is 19.3 Å². The van der Waals surface area contributed by atoms with E-state index in [0.29, 0.717) is 11.3 Å². The highest BCUT2D eigenvalue weighted by atomic mass is 127. The second-order valence-electron chi connectivity index (χ2n) is 5.88. The van der Waals surface area contributed by atoms with E-state index in [0.717, 1.165) is 20.2 Å². The van der Waals surface area contributed by atoms with Crippen molar-refractivity contribution in [3.05, 3.63) is 55.5 Å². The first kappa shape index (κ1) is 21.5. The first-order valence-corrected chi connectivity index (χ1v) is 10.4. The maximum absolute atomic E-state index is 12.6. The Hall–Kier alpha value is -2.24. The molecular formula is C19H14ClIN2O5S. The Labute approximate surface area is 189 Å². The van der Waals surface area contributed by atoms with Crippen molar-refractivity contribution < 1.29 is 24.2 Å². The second-order valence-corrected chi connectivity index (χ2v) is 8.52. The first-order chi connectivity index (χ1) is 13.8. The number of nitrogens with zero attached hydrogens (tertiary/aromatic N) is 1. The number of anilines is 1. The summed E-state index contributed by atoms with van der Waals surface area (Å²) in [5, 5.41) is 12.0. The standard InChI is InChI=1S/C19H14ClIN2O5S/c1-28-14-7-10(6-13(20)17(14)25)8-15-18(26)23(19(27)29-15)9-16(24)22-12-4-2-11(21)3-5-12/h2-8,25H,9H2,1H3,(H,22,24)/b15-8-. The normalized spacial score (nSPS) is 15.1. The van der Waals surface area contributed by atoms with E-state index in [1.807, 2.05) is 12.1 Å². The zero-order chi connectivity index (χ0) is 21.1. The van der Waals surface area contributed by atoms with Gasteiger partial charge in [-0.05, 0) is 82.4 Å². The number of halogens is 2. The van der Waals surface area contributed by atoms with Crippen LogP contribution in [0.4, 0.5) is 10.5 Å². The van der Waals surface area contributed by atoms with Crippen molar-refractivity contribution >= 4 is 74.8 Å². The minimum atomic E-state index is -0.582. The number of thioether (sulfide) groups is 1. The largest absolute Gasteiger partial charge is 0.503 e. The summed E-state index contributed by atoms with van der Waals surface area (Å²) in [6, 6.07) is 10.0. The van der Waals surface area contributed by atoms with Crippen LogP contribution in [-0.2, 0) is 9.59 Å². The third kappa shape index (κ3) is 5.03. The highest BCUT2D eigenvalue weighted by Gasteiger charge is 2.36. The summed E-state index contributed by atoms with van der Waals surface area (Å²) in [4.78, 5) is 38.0. The summed E-state index contributed by atoms with van der Waals surface area (Å²) in [6.45, 7) is -0.395. The van der Waals surface area contributed by atoms with Crippen molar-refractivity contribution in [2.45, 2.75) is 0 Å². The number of phenolic OH excluding ortho intramolecular Hbond substituents is 1. The van der Waals surface area contributed by atoms with Gasteiger partial charge in [0.2, 0.25) is 5.91 Å². The van der Waals surface area contributed by atoms with E-state index in [4.69, 9.17) is 16.3 Å². The van der Waals surface area contributed by atoms with Crippen LogP contribution in [-0.4, -0.2) is 40.7 Å². The Balaban J connectivity index is 1.74. The molecule has 0 aromatic heterocycles. The minimum Gasteiger partial charge on any atom is -0.503 e. The number of amides is 3. The molecule has 150 valence electrons. The molecule has 1 aliphatic rings. The van der Waals surface area contributed by atoms with Crippen LogP contribution in [0.15, 0.2) is 41.3 Å². The summed E-state index contributed by atoms with van der Waals surface area (Å²) in [5.74, 6) is -1.14. The number of imide groups is 1. The second kappa shape index (κ2) is 9.06. The molecule has 1 saturated heterocycles. The van der Waals surface area contributed by atoms with Crippen molar-refractivity contribution in [3.63, 3.8) is 0 Å². The summed E-state index contributed by atoms with van der Waals surface area (Å²) < 4.78 is 6.05. The van der Waals surface area contributed by atoms with Crippen LogP contribution in [0.3, 0.4) is 0 Å². The Morgan fingerprint density at radius 2 is 2.00 bits per heavy atom. The van der Waals surface area contributed by atoms with E-state index in [-0.39, 0.29) is 21.4 Å². The fraction of sp³-hybridized carbons (Fsp3) is 0.105. The predicted molar refractivity (Wildman–Crippen MR) is 120 cm³/mol. The monoisotopic (exact) mass is 544 g/mol. The summed E-state index contributed by atoms with van der Waals surface area (Å²) in [7, 11) is 1.37. The molecule has 0 saturated carbocycles. The molecule has 0 bridgehead atoms. The lowest BCUT2D eigenvalue weighted by atomic mass is 10.2. The van der Waals surface area contributed by atoms with Crippen LogP contribution in [0.25, 0.3) is 6.08 Å². The van der Waals surface area contributed by atoms with Crippen molar-refractivity contribution in [1.29, 1.82) is 0 Å². The van der Waals surface area contributed by atoms with E-state index >= 15 is 0 Å². The smallest absolute Gasteiger partial charge is 0.294 e. The molecule has 29 heavy (non-hydrogen) atoms. The Morgan fingerprint density at radius 3 is 2.66 bits per heavy atom. The number of benzene rings is 2. The topological polar surface area (TPSA) is 95.9 Å². The highest BCUT2D eigenvalue weighted by molar-refractivity contribution is 14.1. The van der Waals surface area contributed by atoms with Gasteiger partial charge in [-0.2, -0.15) is 0 Å². The summed E-state index contributed by atoms with van der Waals surface area (Å²) in [5.41, 5.74) is 1.04. The maximum atomic E-state index is 12.6. The van der Waals surface area contributed by atoms with E-state index in [9.17, 15) is 19.5 Å². The molecule has 10 heteroatoms. The van der Waals surface area contributed by atoms with Gasteiger partial charge in [-0.15, -0.1) is 0 Å². The number of phenols is 1. The zero-order valence-corrected chi connectivity index (χ0v) is 18.7. The van der Waals surface area contributed by atoms with Gasteiger partial charge in [0.25, 0.3) is 11.1 Å². The molecule has 0 spiro atoms. The van der Waals surface area contributed by atoms with E-state index in [1.165, 1.54) is 25.3 Å². The van der Waals surface area contributed by atoms with E-state index in [1.54, 1.807) is 12.1 Å². The van der Waals surface area contributed by atoms with Crippen LogP contribution >= 0.6 is 46.0 Å². The molecule has 0 unspecified atom stereocenters.